The van der Waals surface area contributed by atoms with Gasteiger partial charge in [0.15, 0.2) is 0 Å². The number of carboxylic acids is 1. The molecular weight excluding hydrogens is 508 g/mol. The summed E-state index contributed by atoms with van der Waals surface area (Å²) in [5.74, 6) is 0.946. The highest BCUT2D eigenvalue weighted by Crippen LogP contribution is 2.68. The number of aliphatic hydroxyl groups excluding tert-OH is 1. The summed E-state index contributed by atoms with van der Waals surface area (Å²) in [6.45, 7) is 6.79. The summed E-state index contributed by atoms with van der Waals surface area (Å²) in [6.07, 6.45) is 11.8. The number of carboxylic acid groups (broad SMARTS) is 1. The number of hydrogen-bond donors (Lipinski definition) is 3. The van der Waals surface area contributed by atoms with Gasteiger partial charge in [-0.15, -0.1) is 0 Å². The molecule has 0 spiro atoms. The number of pyridine rings is 1. The second kappa shape index (κ2) is 11.4. The Morgan fingerprint density at radius 2 is 1.85 bits per heavy atom. The number of aliphatic hydroxyl groups is 1. The average molecular weight is 555 g/mol. The van der Waals surface area contributed by atoms with Gasteiger partial charge in [-0.05, 0) is 116 Å². The van der Waals surface area contributed by atoms with Crippen molar-refractivity contribution in [2.75, 3.05) is 6.54 Å². The molecule has 3 N–H and O–H groups in total. The molecule has 0 bridgehead atoms. The van der Waals surface area contributed by atoms with Crippen molar-refractivity contribution in [2.45, 2.75) is 97.2 Å². The van der Waals surface area contributed by atoms with Crippen LogP contribution in [0.4, 0.5) is 0 Å². The van der Waals surface area contributed by atoms with Crippen LogP contribution in [0.25, 0.3) is 0 Å². The highest BCUT2D eigenvalue weighted by molar-refractivity contribution is 5.89. The molecule has 0 aromatic carbocycles. The molecule has 1 amide bonds. The molecule has 4 aliphatic rings. The van der Waals surface area contributed by atoms with Crippen molar-refractivity contribution in [3.05, 3.63) is 30.1 Å². The number of aromatic nitrogens is 1. The van der Waals surface area contributed by atoms with Gasteiger partial charge in [0.05, 0.1) is 11.7 Å². The number of fused-ring (bicyclic) bond motifs is 5. The van der Waals surface area contributed by atoms with Gasteiger partial charge < -0.3 is 20.3 Å². The van der Waals surface area contributed by atoms with Gasteiger partial charge in [-0.2, -0.15) is 0 Å². The number of carbonyl (C=O) groups is 3. The van der Waals surface area contributed by atoms with Crippen LogP contribution in [0.2, 0.25) is 0 Å². The fourth-order valence-electron chi connectivity index (χ4n) is 9.79. The van der Waals surface area contributed by atoms with Gasteiger partial charge in [0.1, 0.15) is 12.6 Å². The fraction of sp³-hybridized carbons (Fsp3) is 0.750. The van der Waals surface area contributed by atoms with E-state index in [0.717, 1.165) is 57.8 Å². The van der Waals surface area contributed by atoms with E-state index in [-0.39, 0.29) is 41.5 Å². The second-order valence-electron chi connectivity index (χ2n) is 13.8. The Bertz CT molecular complexity index is 1100. The first-order valence-corrected chi connectivity index (χ1v) is 15.3. The molecule has 4 fully saturated rings. The van der Waals surface area contributed by atoms with Crippen LogP contribution in [-0.2, 0) is 14.3 Å². The van der Waals surface area contributed by atoms with Crippen LogP contribution in [0.3, 0.4) is 0 Å². The number of ether oxygens (including phenoxy) is 1. The van der Waals surface area contributed by atoms with E-state index in [1.54, 1.807) is 24.5 Å². The zero-order valence-corrected chi connectivity index (χ0v) is 24.2. The molecule has 0 radical (unpaired) electrons. The van der Waals surface area contributed by atoms with E-state index in [1.165, 1.54) is 0 Å². The maximum Gasteiger partial charge on any atom is 0.339 e. The van der Waals surface area contributed by atoms with Crippen molar-refractivity contribution in [3.8, 4) is 0 Å². The molecule has 8 heteroatoms. The Morgan fingerprint density at radius 1 is 1.10 bits per heavy atom. The van der Waals surface area contributed by atoms with E-state index in [1.807, 2.05) is 0 Å². The van der Waals surface area contributed by atoms with E-state index in [0.29, 0.717) is 47.5 Å². The molecule has 0 aliphatic heterocycles. The molecule has 220 valence electrons. The normalized spacial score (nSPS) is 39.2. The van der Waals surface area contributed by atoms with E-state index in [9.17, 15) is 19.5 Å². The van der Waals surface area contributed by atoms with Gasteiger partial charge in [-0.3, -0.25) is 14.6 Å². The van der Waals surface area contributed by atoms with Gasteiger partial charge in [0.25, 0.3) is 0 Å². The van der Waals surface area contributed by atoms with Gasteiger partial charge in [0.2, 0.25) is 5.91 Å². The zero-order chi connectivity index (χ0) is 28.7. The third kappa shape index (κ3) is 5.40. The Labute approximate surface area is 237 Å². The van der Waals surface area contributed by atoms with Crippen molar-refractivity contribution in [1.82, 2.24) is 10.3 Å². The number of aliphatic carboxylic acids is 1. The topological polar surface area (TPSA) is 126 Å². The van der Waals surface area contributed by atoms with Crippen molar-refractivity contribution >= 4 is 17.8 Å². The molecule has 1 heterocycles. The lowest BCUT2D eigenvalue weighted by Gasteiger charge is -2.62. The van der Waals surface area contributed by atoms with E-state index < -0.39 is 5.97 Å². The first-order chi connectivity index (χ1) is 19.0. The number of nitrogens with zero attached hydrogens (tertiary/aromatic N) is 1. The third-order valence-corrected chi connectivity index (χ3v) is 11.8. The van der Waals surface area contributed by atoms with Gasteiger partial charge in [0, 0.05) is 18.8 Å². The van der Waals surface area contributed by atoms with E-state index in [2.05, 4.69) is 31.1 Å². The van der Waals surface area contributed by atoms with Crippen LogP contribution in [-0.4, -0.2) is 51.8 Å². The number of hydrogen-bond acceptors (Lipinski definition) is 6. The predicted octanol–water partition coefficient (Wildman–Crippen LogP) is 4.85. The number of amides is 1. The Kier molecular flexibility index (Phi) is 8.29. The van der Waals surface area contributed by atoms with Crippen molar-refractivity contribution < 1.29 is 29.3 Å². The molecule has 1 aromatic rings. The lowest BCUT2D eigenvalue weighted by molar-refractivity contribution is -0.174. The maximum absolute atomic E-state index is 12.7. The quantitative estimate of drug-likeness (QED) is 0.392. The number of rotatable bonds is 8. The average Bonchev–Trinajstić information content (AvgIpc) is 3.29. The van der Waals surface area contributed by atoms with Crippen LogP contribution >= 0.6 is 0 Å². The van der Waals surface area contributed by atoms with Crippen molar-refractivity contribution in [2.24, 2.45) is 46.3 Å². The van der Waals surface area contributed by atoms with Gasteiger partial charge in [-0.1, -0.05) is 20.8 Å². The SMILES string of the molecule is C[C@H](CCC(=O)NCC(=O)O)[C@H]1CC[C@H]2[C@@H]3[C@H](O)C[C@@H]4C[C@H](OC(=O)c5cccnc5)CC[C@]4(C)[C@H]3CC[C@]12C. The van der Waals surface area contributed by atoms with Gasteiger partial charge >= 0.3 is 11.9 Å². The van der Waals surface area contributed by atoms with Crippen molar-refractivity contribution in [3.63, 3.8) is 0 Å². The smallest absolute Gasteiger partial charge is 0.339 e. The third-order valence-electron chi connectivity index (χ3n) is 11.8. The lowest BCUT2D eigenvalue weighted by atomic mass is 9.43. The maximum atomic E-state index is 12.7. The molecule has 4 aliphatic carbocycles. The first kappa shape index (κ1) is 29.0. The molecular formula is C32H46N2O6. The standard InChI is InChI=1S/C32H46N2O6/c1-19(6-9-27(36)34-18-28(37)38)23-7-8-24-29-25(11-13-32(23,24)3)31(2)12-10-22(15-21(31)16-26(29)35)40-30(39)20-5-4-14-33-17-20/h4-5,14,17,19,21-26,29,35H,6-13,15-16,18H2,1-3H3,(H,34,36)(H,37,38)/t19-,21+,22-,23-,24+,25+,26-,29+,31+,32-/m1/s1. The minimum Gasteiger partial charge on any atom is -0.480 e. The Morgan fingerprint density at radius 3 is 2.58 bits per heavy atom. The lowest BCUT2D eigenvalue weighted by Crippen LogP contribution is -2.58. The summed E-state index contributed by atoms with van der Waals surface area (Å²) in [5, 5.41) is 23.0. The van der Waals surface area contributed by atoms with E-state index >= 15 is 0 Å². The first-order valence-electron chi connectivity index (χ1n) is 15.3. The summed E-state index contributed by atoms with van der Waals surface area (Å²) in [6, 6.07) is 3.48. The number of esters is 1. The van der Waals surface area contributed by atoms with E-state index in [4.69, 9.17) is 9.84 Å². The van der Waals surface area contributed by atoms with Crippen LogP contribution < -0.4 is 5.32 Å². The van der Waals surface area contributed by atoms with Crippen LogP contribution in [0.1, 0.15) is 95.3 Å². The van der Waals surface area contributed by atoms with Crippen molar-refractivity contribution in [1.29, 1.82) is 0 Å². The largest absolute Gasteiger partial charge is 0.480 e. The minimum atomic E-state index is -1.02. The molecule has 10 atom stereocenters. The number of carbonyl (C=O) groups excluding carboxylic acids is 2. The van der Waals surface area contributed by atoms with Crippen LogP contribution in [0.5, 0.6) is 0 Å². The summed E-state index contributed by atoms with van der Waals surface area (Å²) in [5.41, 5.74) is 0.782. The summed E-state index contributed by atoms with van der Waals surface area (Å²) < 4.78 is 5.92. The Balaban J connectivity index is 1.22. The molecule has 0 unspecified atom stereocenters. The molecule has 4 saturated carbocycles. The highest BCUT2D eigenvalue weighted by Gasteiger charge is 2.63. The van der Waals surface area contributed by atoms with Crippen LogP contribution in [0.15, 0.2) is 24.5 Å². The summed E-state index contributed by atoms with van der Waals surface area (Å²) in [7, 11) is 0. The summed E-state index contributed by atoms with van der Waals surface area (Å²) >= 11 is 0. The predicted molar refractivity (Wildman–Crippen MR) is 149 cm³/mol. The number of nitrogens with one attached hydrogen (secondary N) is 1. The minimum absolute atomic E-state index is 0.118. The molecule has 0 saturated heterocycles. The Hall–Kier alpha value is -2.48. The fourth-order valence-corrected chi connectivity index (χ4v) is 9.79. The monoisotopic (exact) mass is 554 g/mol. The zero-order valence-electron chi connectivity index (χ0n) is 24.2. The molecule has 5 rings (SSSR count). The second-order valence-corrected chi connectivity index (χ2v) is 13.8. The molecule has 8 nitrogen and oxygen atoms in total. The van der Waals surface area contributed by atoms with Gasteiger partial charge in [-0.25, -0.2) is 4.79 Å². The molecule has 40 heavy (non-hydrogen) atoms. The molecule has 1 aromatic heterocycles. The highest BCUT2D eigenvalue weighted by atomic mass is 16.5. The van der Waals surface area contributed by atoms with Crippen LogP contribution in [0, 0.1) is 46.3 Å². The summed E-state index contributed by atoms with van der Waals surface area (Å²) in [4.78, 5) is 39.6.